The van der Waals surface area contributed by atoms with Gasteiger partial charge in [0.15, 0.2) is 12.4 Å². The first-order valence-corrected chi connectivity index (χ1v) is 9.54. The summed E-state index contributed by atoms with van der Waals surface area (Å²) in [7, 11) is 0. The van der Waals surface area contributed by atoms with Crippen molar-refractivity contribution in [1.29, 1.82) is 0 Å². The Hall–Kier alpha value is -3.33. The fourth-order valence-corrected chi connectivity index (χ4v) is 3.73. The molecule has 7 nitrogen and oxygen atoms in total. The molecule has 0 saturated carbocycles. The molecule has 1 aromatic carbocycles. The minimum absolute atomic E-state index is 0.187. The number of anilines is 1. The molecule has 0 radical (unpaired) electrons. The highest BCUT2D eigenvalue weighted by molar-refractivity contribution is 7.20. The molecule has 2 N–H and O–H groups in total. The zero-order valence-corrected chi connectivity index (χ0v) is 16.6. The number of fused-ring (bicyclic) bond motifs is 1. The van der Waals surface area contributed by atoms with Gasteiger partial charge in [0.05, 0.1) is 12.0 Å². The van der Waals surface area contributed by atoms with Crippen molar-refractivity contribution in [2.75, 3.05) is 12.3 Å². The van der Waals surface area contributed by atoms with E-state index in [1.807, 2.05) is 0 Å². The maximum Gasteiger partial charge on any atom is 0.348 e. The number of esters is 2. The number of nitrogens with two attached hydrogens (primary N) is 1. The number of thiophene rings is 1. The van der Waals surface area contributed by atoms with E-state index in [0.29, 0.717) is 20.7 Å². The van der Waals surface area contributed by atoms with Crippen molar-refractivity contribution >= 4 is 45.4 Å². The lowest BCUT2D eigenvalue weighted by Gasteiger charge is -2.04. The Labute approximate surface area is 170 Å². The van der Waals surface area contributed by atoms with Crippen LogP contribution in [0, 0.1) is 12.7 Å². The number of rotatable bonds is 6. The zero-order valence-electron chi connectivity index (χ0n) is 15.8. The first-order valence-electron chi connectivity index (χ1n) is 8.72. The van der Waals surface area contributed by atoms with Crippen LogP contribution in [0.5, 0.6) is 0 Å². The molecule has 2 aromatic heterocycles. The Kier molecular flexibility index (Phi) is 6.18. The molecular weight excluding hydrogens is 397 g/mol. The van der Waals surface area contributed by atoms with Crippen molar-refractivity contribution < 1.29 is 23.5 Å². The summed E-state index contributed by atoms with van der Waals surface area (Å²) in [6.07, 6.45) is 2.44. The second-order valence-corrected chi connectivity index (χ2v) is 6.94. The Morgan fingerprint density at radius 2 is 2.00 bits per heavy atom. The van der Waals surface area contributed by atoms with E-state index >= 15 is 0 Å². The number of aromatic nitrogens is 2. The summed E-state index contributed by atoms with van der Waals surface area (Å²) < 4.78 is 23.7. The fraction of sp³-hybridized carbons (Fsp3) is 0.200. The molecule has 0 aliphatic rings. The number of ether oxygens (including phenoxy) is 2. The molecule has 0 atom stereocenters. The molecule has 0 bridgehead atoms. The summed E-state index contributed by atoms with van der Waals surface area (Å²) in [4.78, 5) is 33.3. The maximum atomic E-state index is 13.6. The third kappa shape index (κ3) is 4.57. The number of halogens is 1. The molecule has 0 unspecified atom stereocenters. The van der Waals surface area contributed by atoms with Crippen LogP contribution in [0.25, 0.3) is 16.3 Å². The molecule has 3 aromatic rings. The average Bonchev–Trinajstić information content (AvgIpc) is 3.03. The van der Waals surface area contributed by atoms with Crippen LogP contribution in [0.15, 0.2) is 30.3 Å². The number of benzene rings is 1. The Morgan fingerprint density at radius 1 is 1.24 bits per heavy atom. The monoisotopic (exact) mass is 415 g/mol. The number of hydrogen-bond donors (Lipinski definition) is 1. The van der Waals surface area contributed by atoms with Crippen LogP contribution < -0.4 is 5.73 Å². The van der Waals surface area contributed by atoms with Gasteiger partial charge in [-0.05, 0) is 31.6 Å². The van der Waals surface area contributed by atoms with Gasteiger partial charge in [0.1, 0.15) is 21.3 Å². The molecule has 3 rings (SSSR count). The van der Waals surface area contributed by atoms with Crippen molar-refractivity contribution in [2.24, 2.45) is 0 Å². The quantitative estimate of drug-likeness (QED) is 0.484. The van der Waals surface area contributed by atoms with Crippen molar-refractivity contribution in [3.8, 4) is 0 Å². The Balaban J connectivity index is 1.74. The average molecular weight is 415 g/mol. The van der Waals surface area contributed by atoms with E-state index in [9.17, 15) is 14.0 Å². The lowest BCUT2D eigenvalue weighted by molar-refractivity contribution is -0.139. The third-order valence-electron chi connectivity index (χ3n) is 3.97. The molecule has 9 heteroatoms. The number of aryl methyl sites for hydroxylation is 1. The van der Waals surface area contributed by atoms with E-state index in [2.05, 4.69) is 9.97 Å². The minimum Gasteiger partial charge on any atom is -0.462 e. The predicted molar refractivity (Wildman–Crippen MR) is 108 cm³/mol. The number of nitrogen functional groups attached to an aromatic ring is 1. The lowest BCUT2D eigenvalue weighted by atomic mass is 10.2. The fourth-order valence-electron chi connectivity index (χ4n) is 2.62. The minimum atomic E-state index is -0.676. The highest BCUT2D eigenvalue weighted by Gasteiger charge is 2.20. The third-order valence-corrected chi connectivity index (χ3v) is 5.14. The molecule has 0 aliphatic heterocycles. The van der Waals surface area contributed by atoms with E-state index in [1.54, 1.807) is 26.0 Å². The second kappa shape index (κ2) is 8.78. The van der Waals surface area contributed by atoms with Crippen LogP contribution in [0.3, 0.4) is 0 Å². The van der Waals surface area contributed by atoms with Crippen LogP contribution in [-0.2, 0) is 20.9 Å². The van der Waals surface area contributed by atoms with Crippen LogP contribution in [-0.4, -0.2) is 28.5 Å². The molecule has 2 heterocycles. The van der Waals surface area contributed by atoms with Gasteiger partial charge in [0.2, 0.25) is 0 Å². The van der Waals surface area contributed by atoms with Gasteiger partial charge in [0, 0.05) is 11.6 Å². The SMILES string of the molecule is CCOC(=O)c1sc2nc(COC(=O)/C=C/c3ccccc3F)nc(N)c2c1C. The maximum absolute atomic E-state index is 13.6. The van der Waals surface area contributed by atoms with Crippen molar-refractivity contribution in [2.45, 2.75) is 20.5 Å². The van der Waals surface area contributed by atoms with E-state index in [4.69, 9.17) is 15.2 Å². The summed E-state index contributed by atoms with van der Waals surface area (Å²) in [5.41, 5.74) is 6.93. The summed E-state index contributed by atoms with van der Waals surface area (Å²) in [5, 5.41) is 0.576. The van der Waals surface area contributed by atoms with Gasteiger partial charge in [-0.3, -0.25) is 0 Å². The lowest BCUT2D eigenvalue weighted by Crippen LogP contribution is -2.06. The van der Waals surface area contributed by atoms with Gasteiger partial charge in [-0.1, -0.05) is 18.2 Å². The van der Waals surface area contributed by atoms with Gasteiger partial charge >= 0.3 is 11.9 Å². The smallest absolute Gasteiger partial charge is 0.348 e. The number of hydrogen-bond acceptors (Lipinski definition) is 8. The summed E-state index contributed by atoms with van der Waals surface area (Å²) >= 11 is 1.14. The van der Waals surface area contributed by atoms with E-state index in [-0.39, 0.29) is 30.4 Å². The first-order chi connectivity index (χ1) is 13.9. The highest BCUT2D eigenvalue weighted by atomic mass is 32.1. The Morgan fingerprint density at radius 3 is 2.72 bits per heavy atom. The van der Waals surface area contributed by atoms with Crippen LogP contribution in [0.2, 0.25) is 0 Å². The summed E-state index contributed by atoms with van der Waals surface area (Å²) in [6.45, 7) is 3.52. The molecule has 150 valence electrons. The first kappa shape index (κ1) is 20.4. The van der Waals surface area contributed by atoms with E-state index < -0.39 is 17.8 Å². The number of nitrogens with zero attached hydrogens (tertiary/aromatic N) is 2. The molecule has 0 fully saturated rings. The highest BCUT2D eigenvalue weighted by Crippen LogP contribution is 2.33. The standard InChI is InChI=1S/C20H18FN3O4S/c1-3-27-20(26)17-11(2)16-18(22)23-14(24-19(16)29-17)10-28-15(25)9-8-12-6-4-5-7-13(12)21/h4-9H,3,10H2,1-2H3,(H2,22,23,24)/b9-8+. The van der Waals surface area contributed by atoms with Gasteiger partial charge in [-0.15, -0.1) is 11.3 Å². The van der Waals surface area contributed by atoms with Crippen molar-refractivity contribution in [1.82, 2.24) is 9.97 Å². The second-order valence-electron chi connectivity index (χ2n) is 5.94. The predicted octanol–water partition coefficient (Wildman–Crippen LogP) is 3.65. The molecule has 0 saturated heterocycles. The largest absolute Gasteiger partial charge is 0.462 e. The van der Waals surface area contributed by atoms with Crippen molar-refractivity contribution in [3.05, 3.63) is 58.0 Å². The van der Waals surface area contributed by atoms with E-state index in [1.165, 1.54) is 18.2 Å². The van der Waals surface area contributed by atoms with Gasteiger partial charge in [-0.2, -0.15) is 0 Å². The van der Waals surface area contributed by atoms with Gasteiger partial charge in [0.25, 0.3) is 0 Å². The van der Waals surface area contributed by atoms with Gasteiger partial charge < -0.3 is 15.2 Å². The number of carbonyl (C=O) groups excluding carboxylic acids is 2. The van der Waals surface area contributed by atoms with Crippen LogP contribution >= 0.6 is 11.3 Å². The molecular formula is C20H18FN3O4S. The molecule has 0 aliphatic carbocycles. The van der Waals surface area contributed by atoms with Gasteiger partial charge in [-0.25, -0.2) is 23.9 Å². The summed E-state index contributed by atoms with van der Waals surface area (Å²) in [5.74, 6) is -1.18. The summed E-state index contributed by atoms with van der Waals surface area (Å²) in [6, 6.07) is 6.05. The van der Waals surface area contributed by atoms with Crippen LogP contribution in [0.1, 0.15) is 33.5 Å². The molecule has 29 heavy (non-hydrogen) atoms. The zero-order chi connectivity index (χ0) is 21.0. The van der Waals surface area contributed by atoms with Crippen LogP contribution in [0.4, 0.5) is 10.2 Å². The number of carbonyl (C=O) groups is 2. The van der Waals surface area contributed by atoms with E-state index in [0.717, 1.165) is 17.4 Å². The van der Waals surface area contributed by atoms with Crippen molar-refractivity contribution in [3.63, 3.8) is 0 Å². The molecule has 0 amide bonds. The normalized spacial score (nSPS) is 11.1. The molecule has 0 spiro atoms. The topological polar surface area (TPSA) is 104 Å². The Bertz CT molecular complexity index is 1110.